The second kappa shape index (κ2) is 9.23. The van der Waals surface area contributed by atoms with Gasteiger partial charge in [-0.25, -0.2) is 4.98 Å². The number of para-hydroxylation sites is 1. The molecule has 0 radical (unpaired) electrons. The highest BCUT2D eigenvalue weighted by atomic mass is 16.5. The Balaban J connectivity index is 1.60. The molecule has 2 N–H and O–H groups in total. The number of amides is 2. The summed E-state index contributed by atoms with van der Waals surface area (Å²) in [4.78, 5) is 28.7. The van der Waals surface area contributed by atoms with E-state index in [1.54, 1.807) is 18.2 Å². The van der Waals surface area contributed by atoms with Crippen molar-refractivity contribution in [3.63, 3.8) is 0 Å². The number of nitrogens with zero attached hydrogens (tertiary/aromatic N) is 2. The molecule has 0 aliphatic carbocycles. The van der Waals surface area contributed by atoms with E-state index >= 15 is 0 Å². The third-order valence-corrected chi connectivity index (χ3v) is 4.47. The molecule has 1 aromatic carbocycles. The van der Waals surface area contributed by atoms with E-state index in [1.807, 2.05) is 55.8 Å². The van der Waals surface area contributed by atoms with Crippen LogP contribution in [0.1, 0.15) is 35.5 Å². The number of nitrogens with one attached hydrogen (secondary N) is 2. The fourth-order valence-corrected chi connectivity index (χ4v) is 2.87. The van der Waals surface area contributed by atoms with Gasteiger partial charge in [0.25, 0.3) is 5.91 Å². The minimum atomic E-state index is -0.245. The highest BCUT2D eigenvalue weighted by molar-refractivity contribution is 5.96. The fraction of sp³-hybridized carbons (Fsp3) is 0.318. The van der Waals surface area contributed by atoms with E-state index in [9.17, 15) is 9.59 Å². The molecule has 2 heterocycles. The van der Waals surface area contributed by atoms with Crippen LogP contribution in [0, 0.1) is 12.8 Å². The van der Waals surface area contributed by atoms with Crippen LogP contribution in [0.15, 0.2) is 48.8 Å². The molecular weight excluding hydrogens is 368 g/mol. The first kappa shape index (κ1) is 20.4. The number of benzene rings is 1. The van der Waals surface area contributed by atoms with Crippen LogP contribution in [0.4, 0.5) is 0 Å². The molecule has 3 aromatic rings. The van der Waals surface area contributed by atoms with E-state index in [0.717, 1.165) is 16.9 Å². The van der Waals surface area contributed by atoms with Crippen molar-refractivity contribution in [1.82, 2.24) is 20.0 Å². The Hall–Kier alpha value is -3.35. The Kier molecular flexibility index (Phi) is 6.49. The van der Waals surface area contributed by atoms with Gasteiger partial charge in [0.2, 0.25) is 5.91 Å². The normalized spacial score (nSPS) is 10.9. The van der Waals surface area contributed by atoms with Crippen LogP contribution in [0.25, 0.3) is 5.65 Å². The number of aryl methyl sites for hydroxylation is 1. The standard InChI is InChI=1S/C22H26N4O3/c1-15(2)21(27)23-10-11-24-22(28)18-8-4-5-9-19(18)29-14-17-13-26-12-6-7-16(3)20(26)25-17/h4-9,12-13,15H,10-11,14H2,1-3H3,(H,23,27)(H,24,28). The molecule has 0 saturated heterocycles. The summed E-state index contributed by atoms with van der Waals surface area (Å²) in [6, 6.07) is 11.1. The lowest BCUT2D eigenvalue weighted by Gasteiger charge is -2.12. The molecule has 29 heavy (non-hydrogen) atoms. The number of hydrogen-bond acceptors (Lipinski definition) is 4. The average molecular weight is 394 g/mol. The van der Waals surface area contributed by atoms with Gasteiger partial charge in [-0.1, -0.05) is 32.0 Å². The third kappa shape index (κ3) is 5.13. The largest absolute Gasteiger partial charge is 0.486 e. The molecule has 0 fully saturated rings. The smallest absolute Gasteiger partial charge is 0.255 e. The Morgan fingerprint density at radius 2 is 1.86 bits per heavy atom. The molecule has 0 bridgehead atoms. The lowest BCUT2D eigenvalue weighted by Crippen LogP contribution is -2.36. The zero-order valence-corrected chi connectivity index (χ0v) is 16.9. The summed E-state index contributed by atoms with van der Waals surface area (Å²) in [7, 11) is 0. The number of pyridine rings is 1. The number of aromatic nitrogens is 2. The zero-order chi connectivity index (χ0) is 20.8. The number of rotatable bonds is 8. The Morgan fingerprint density at radius 1 is 1.10 bits per heavy atom. The van der Waals surface area contributed by atoms with Gasteiger partial charge in [0, 0.05) is 31.4 Å². The van der Waals surface area contributed by atoms with Gasteiger partial charge in [-0.05, 0) is 30.7 Å². The molecule has 7 nitrogen and oxygen atoms in total. The van der Waals surface area contributed by atoms with Gasteiger partial charge in [-0.2, -0.15) is 0 Å². The highest BCUT2D eigenvalue weighted by Gasteiger charge is 2.13. The van der Waals surface area contributed by atoms with E-state index in [0.29, 0.717) is 24.4 Å². The van der Waals surface area contributed by atoms with Crippen LogP contribution in [0.3, 0.4) is 0 Å². The Labute approximate surface area is 170 Å². The minimum Gasteiger partial charge on any atom is -0.486 e. The van der Waals surface area contributed by atoms with E-state index in [2.05, 4.69) is 15.6 Å². The SMILES string of the molecule is Cc1cccn2cc(COc3ccccc3C(=O)NCCNC(=O)C(C)C)nc12. The van der Waals surface area contributed by atoms with Gasteiger partial charge >= 0.3 is 0 Å². The van der Waals surface area contributed by atoms with Crippen LogP contribution in [0.2, 0.25) is 0 Å². The number of imidazole rings is 1. The molecule has 0 unspecified atom stereocenters. The van der Waals surface area contributed by atoms with E-state index in [4.69, 9.17) is 4.74 Å². The maximum absolute atomic E-state index is 12.5. The van der Waals surface area contributed by atoms with Crippen molar-refractivity contribution in [2.24, 2.45) is 5.92 Å². The van der Waals surface area contributed by atoms with Gasteiger partial charge in [-0.15, -0.1) is 0 Å². The Morgan fingerprint density at radius 3 is 2.62 bits per heavy atom. The summed E-state index contributed by atoms with van der Waals surface area (Å²) in [5.74, 6) is 0.129. The van der Waals surface area contributed by atoms with Crippen molar-refractivity contribution < 1.29 is 14.3 Å². The quantitative estimate of drug-likeness (QED) is 0.576. The first-order chi connectivity index (χ1) is 14.0. The third-order valence-electron chi connectivity index (χ3n) is 4.47. The van der Waals surface area contributed by atoms with Crippen molar-refractivity contribution in [2.45, 2.75) is 27.4 Å². The maximum Gasteiger partial charge on any atom is 0.255 e. The van der Waals surface area contributed by atoms with Crippen molar-refractivity contribution in [2.75, 3.05) is 13.1 Å². The van der Waals surface area contributed by atoms with Crippen molar-refractivity contribution in [3.05, 3.63) is 65.6 Å². The van der Waals surface area contributed by atoms with Crippen molar-refractivity contribution in [1.29, 1.82) is 0 Å². The predicted octanol–water partition coefficient (Wildman–Crippen LogP) is 2.72. The topological polar surface area (TPSA) is 84.7 Å². The summed E-state index contributed by atoms with van der Waals surface area (Å²) in [6.07, 6.45) is 3.86. The van der Waals surface area contributed by atoms with E-state index in [1.165, 1.54) is 0 Å². The molecule has 2 amide bonds. The molecule has 0 saturated carbocycles. The summed E-state index contributed by atoms with van der Waals surface area (Å²) in [6.45, 7) is 6.65. The summed E-state index contributed by atoms with van der Waals surface area (Å²) < 4.78 is 7.84. The maximum atomic E-state index is 12.5. The molecule has 0 atom stereocenters. The van der Waals surface area contributed by atoms with E-state index < -0.39 is 0 Å². The summed E-state index contributed by atoms with van der Waals surface area (Å²) in [5, 5.41) is 5.58. The number of fused-ring (bicyclic) bond motifs is 1. The van der Waals surface area contributed by atoms with Gasteiger partial charge in [-0.3, -0.25) is 9.59 Å². The van der Waals surface area contributed by atoms with Gasteiger partial charge in [0.05, 0.1) is 11.3 Å². The van der Waals surface area contributed by atoms with Crippen LogP contribution in [-0.2, 0) is 11.4 Å². The molecule has 152 valence electrons. The fourth-order valence-electron chi connectivity index (χ4n) is 2.87. The number of carbonyl (C=O) groups is 2. The second-order valence-electron chi connectivity index (χ2n) is 7.14. The Bertz CT molecular complexity index is 1010. The first-order valence-corrected chi connectivity index (χ1v) is 9.66. The number of ether oxygens (including phenoxy) is 1. The lowest BCUT2D eigenvalue weighted by atomic mass is 10.2. The molecule has 3 rings (SSSR count). The molecule has 2 aromatic heterocycles. The molecule has 7 heteroatoms. The zero-order valence-electron chi connectivity index (χ0n) is 16.9. The number of hydrogen-bond donors (Lipinski definition) is 2. The minimum absolute atomic E-state index is 0.0364. The van der Waals surface area contributed by atoms with E-state index in [-0.39, 0.29) is 24.3 Å². The number of carbonyl (C=O) groups excluding carboxylic acids is 2. The average Bonchev–Trinajstić information content (AvgIpc) is 3.14. The molecule has 0 aliphatic rings. The first-order valence-electron chi connectivity index (χ1n) is 9.66. The lowest BCUT2D eigenvalue weighted by molar-refractivity contribution is -0.123. The van der Waals surface area contributed by atoms with Crippen molar-refractivity contribution in [3.8, 4) is 5.75 Å². The van der Waals surface area contributed by atoms with Gasteiger partial charge in [0.1, 0.15) is 18.0 Å². The molecular formula is C22H26N4O3. The van der Waals surface area contributed by atoms with Gasteiger partial charge < -0.3 is 19.8 Å². The van der Waals surface area contributed by atoms with Crippen molar-refractivity contribution >= 4 is 17.5 Å². The monoisotopic (exact) mass is 394 g/mol. The summed E-state index contributed by atoms with van der Waals surface area (Å²) >= 11 is 0. The van der Waals surface area contributed by atoms with Crippen LogP contribution < -0.4 is 15.4 Å². The second-order valence-corrected chi connectivity index (χ2v) is 7.14. The van der Waals surface area contributed by atoms with Gasteiger partial charge in [0.15, 0.2) is 0 Å². The van der Waals surface area contributed by atoms with Crippen LogP contribution >= 0.6 is 0 Å². The highest BCUT2D eigenvalue weighted by Crippen LogP contribution is 2.19. The molecule has 0 spiro atoms. The summed E-state index contributed by atoms with van der Waals surface area (Å²) in [5.41, 5.74) is 3.21. The predicted molar refractivity (Wildman–Crippen MR) is 111 cm³/mol. The van der Waals surface area contributed by atoms with Crippen LogP contribution in [0.5, 0.6) is 5.75 Å². The molecule has 0 aliphatic heterocycles. The van der Waals surface area contributed by atoms with Crippen LogP contribution in [-0.4, -0.2) is 34.3 Å².